The number of nitrogens with zero attached hydrogens (tertiary/aromatic N) is 1. The normalized spacial score (nSPS) is 11.6. The van der Waals surface area contributed by atoms with Crippen molar-refractivity contribution >= 4 is 17.7 Å². The lowest BCUT2D eigenvalue weighted by Gasteiger charge is -2.27. The van der Waals surface area contributed by atoms with Gasteiger partial charge in [-0.1, -0.05) is 12.1 Å². The van der Waals surface area contributed by atoms with Crippen LogP contribution in [0.15, 0.2) is 36.9 Å². The minimum atomic E-state index is -0.854. The van der Waals surface area contributed by atoms with Gasteiger partial charge in [0.25, 0.3) is 5.91 Å². The Morgan fingerprint density at radius 1 is 1.32 bits per heavy atom. The molecule has 0 saturated carbocycles. The monoisotopic (exact) mass is 386 g/mol. The van der Waals surface area contributed by atoms with E-state index in [9.17, 15) is 18.8 Å². The van der Waals surface area contributed by atoms with Gasteiger partial charge in [-0.05, 0) is 44.5 Å². The predicted octanol–water partition coefficient (Wildman–Crippen LogP) is 3.46. The van der Waals surface area contributed by atoms with E-state index in [2.05, 4.69) is 11.6 Å². The third-order valence-electron chi connectivity index (χ3n) is 4.58. The van der Waals surface area contributed by atoms with Crippen molar-refractivity contribution in [2.45, 2.75) is 26.8 Å². The van der Waals surface area contributed by atoms with Gasteiger partial charge >= 0.3 is 5.97 Å². The number of carbonyl (C=O) groups excluding carboxylic acids is 3. The summed E-state index contributed by atoms with van der Waals surface area (Å²) >= 11 is 0. The van der Waals surface area contributed by atoms with E-state index in [-0.39, 0.29) is 23.6 Å². The van der Waals surface area contributed by atoms with Crippen molar-refractivity contribution in [3.8, 4) is 0 Å². The average molecular weight is 386 g/mol. The van der Waals surface area contributed by atoms with E-state index in [1.165, 1.54) is 36.3 Å². The number of halogens is 1. The number of benzene rings is 1. The molecule has 7 heteroatoms. The van der Waals surface area contributed by atoms with Gasteiger partial charge in [0.2, 0.25) is 0 Å². The van der Waals surface area contributed by atoms with Crippen molar-refractivity contribution < 1.29 is 23.5 Å². The number of carbonyl (C=O) groups is 3. The van der Waals surface area contributed by atoms with Gasteiger partial charge in [0.15, 0.2) is 5.78 Å². The van der Waals surface area contributed by atoms with Crippen LogP contribution in [0.1, 0.15) is 49.4 Å². The van der Waals surface area contributed by atoms with E-state index in [0.717, 1.165) is 6.07 Å². The Hall–Kier alpha value is -3.22. The molecular weight excluding hydrogens is 363 g/mol. The molecule has 0 aliphatic carbocycles. The maximum absolute atomic E-state index is 13.5. The molecule has 6 nitrogen and oxygen atoms in total. The molecule has 0 spiro atoms. The molecule has 1 amide bonds. The van der Waals surface area contributed by atoms with E-state index >= 15 is 0 Å². The lowest BCUT2D eigenvalue weighted by molar-refractivity contribution is 0.0593. The van der Waals surface area contributed by atoms with Gasteiger partial charge in [0, 0.05) is 23.4 Å². The Morgan fingerprint density at radius 3 is 2.57 bits per heavy atom. The zero-order chi connectivity index (χ0) is 21.0. The summed E-state index contributed by atoms with van der Waals surface area (Å²) in [6, 6.07) is 4.43. The average Bonchev–Trinajstić information content (AvgIpc) is 2.98. The molecular formula is C21H23FN2O4. The van der Waals surface area contributed by atoms with Crippen molar-refractivity contribution in [1.29, 1.82) is 0 Å². The molecule has 1 N–H and O–H groups in total. The summed E-state index contributed by atoms with van der Waals surface area (Å²) in [5.74, 6) is -1.94. The zero-order valence-corrected chi connectivity index (χ0v) is 16.3. The highest BCUT2D eigenvalue weighted by Crippen LogP contribution is 2.23. The first-order valence-electron chi connectivity index (χ1n) is 8.72. The Balaban J connectivity index is 2.40. The smallest absolute Gasteiger partial charge is 0.354 e. The summed E-state index contributed by atoms with van der Waals surface area (Å²) < 4.78 is 18.2. The molecule has 2 rings (SSSR count). The number of ketones is 1. The number of esters is 1. The Bertz CT molecular complexity index is 932. The van der Waals surface area contributed by atoms with Crippen LogP contribution in [-0.2, 0) is 4.74 Å². The number of aryl methyl sites for hydroxylation is 1. The van der Waals surface area contributed by atoms with Gasteiger partial charge < -0.3 is 14.6 Å². The molecule has 0 fully saturated rings. The highest BCUT2D eigenvalue weighted by atomic mass is 19.1. The number of ether oxygens (including phenoxy) is 1. The molecule has 1 atom stereocenters. The number of H-pyrrole nitrogens is 1. The number of aromatic amines is 1. The standard InChI is InChI=1S/C21H23FN2O4/c1-6-10-24(20(26)15-8-7-9-16(22)11-15)14(4)19(25)17-12(2)18(21(27)28-5)23-13(17)3/h6-9,11,14,23H,1,10H2,2-5H3. The second-order valence-corrected chi connectivity index (χ2v) is 6.41. The summed E-state index contributed by atoms with van der Waals surface area (Å²) in [5, 5.41) is 0. The highest BCUT2D eigenvalue weighted by molar-refractivity contribution is 6.07. The van der Waals surface area contributed by atoms with E-state index in [4.69, 9.17) is 4.74 Å². The largest absolute Gasteiger partial charge is 0.464 e. The molecule has 1 heterocycles. The van der Waals surface area contributed by atoms with Gasteiger partial charge in [-0.25, -0.2) is 9.18 Å². The lowest BCUT2D eigenvalue weighted by Crippen LogP contribution is -2.43. The summed E-state index contributed by atoms with van der Waals surface area (Å²) in [7, 11) is 1.26. The number of nitrogens with one attached hydrogen (secondary N) is 1. The SMILES string of the molecule is C=CCN(C(=O)c1cccc(F)c1)C(C)C(=O)c1c(C)[nH]c(C(=O)OC)c1C. The van der Waals surface area contributed by atoms with E-state index in [1.807, 2.05) is 0 Å². The molecule has 2 aromatic rings. The third-order valence-corrected chi connectivity index (χ3v) is 4.58. The first-order chi connectivity index (χ1) is 13.2. The van der Waals surface area contributed by atoms with Crippen molar-refractivity contribution in [1.82, 2.24) is 9.88 Å². The number of methoxy groups -OCH3 is 1. The summed E-state index contributed by atoms with van der Waals surface area (Å²) in [5.41, 5.74) is 1.63. The van der Waals surface area contributed by atoms with Gasteiger partial charge in [-0.15, -0.1) is 6.58 Å². The molecule has 0 radical (unpaired) electrons. The van der Waals surface area contributed by atoms with E-state index < -0.39 is 23.7 Å². The van der Waals surface area contributed by atoms with Crippen LogP contribution < -0.4 is 0 Å². The van der Waals surface area contributed by atoms with Crippen molar-refractivity contribution in [2.75, 3.05) is 13.7 Å². The first kappa shape index (κ1) is 21.1. The summed E-state index contributed by atoms with van der Waals surface area (Å²) in [6.07, 6.45) is 1.50. The molecule has 0 saturated heterocycles. The maximum atomic E-state index is 13.5. The number of hydrogen-bond acceptors (Lipinski definition) is 4. The number of aromatic nitrogens is 1. The quantitative estimate of drug-likeness (QED) is 0.449. The lowest BCUT2D eigenvalue weighted by atomic mass is 9.99. The van der Waals surface area contributed by atoms with Gasteiger partial charge in [-0.2, -0.15) is 0 Å². The minimum Gasteiger partial charge on any atom is -0.464 e. The predicted molar refractivity (Wildman–Crippen MR) is 103 cm³/mol. The maximum Gasteiger partial charge on any atom is 0.354 e. The van der Waals surface area contributed by atoms with Crippen molar-refractivity contribution in [3.05, 3.63) is 70.8 Å². The Morgan fingerprint density at radius 2 is 2.00 bits per heavy atom. The second-order valence-electron chi connectivity index (χ2n) is 6.41. The minimum absolute atomic E-state index is 0.106. The zero-order valence-electron chi connectivity index (χ0n) is 16.3. The van der Waals surface area contributed by atoms with Gasteiger partial charge in [0.05, 0.1) is 13.2 Å². The van der Waals surface area contributed by atoms with Crippen LogP contribution in [0, 0.1) is 19.7 Å². The molecule has 1 aromatic heterocycles. The van der Waals surface area contributed by atoms with Gasteiger partial charge in [0.1, 0.15) is 11.5 Å². The number of hydrogen-bond donors (Lipinski definition) is 1. The molecule has 0 aliphatic rings. The summed E-state index contributed by atoms with van der Waals surface area (Å²) in [6.45, 7) is 8.64. The number of rotatable bonds is 7. The number of amides is 1. The first-order valence-corrected chi connectivity index (χ1v) is 8.72. The second kappa shape index (κ2) is 8.65. The molecule has 1 aromatic carbocycles. The number of Topliss-reactive ketones (excluding diaryl/α,β-unsaturated/α-hetero) is 1. The fourth-order valence-electron chi connectivity index (χ4n) is 3.12. The molecule has 0 bridgehead atoms. The van der Waals surface area contributed by atoms with Gasteiger partial charge in [-0.3, -0.25) is 9.59 Å². The van der Waals surface area contributed by atoms with Crippen LogP contribution in [0.3, 0.4) is 0 Å². The Labute approximate surface area is 163 Å². The van der Waals surface area contributed by atoms with E-state index in [0.29, 0.717) is 16.8 Å². The third kappa shape index (κ3) is 4.03. The van der Waals surface area contributed by atoms with Crippen LogP contribution in [0.2, 0.25) is 0 Å². The Kier molecular flexibility index (Phi) is 6.51. The van der Waals surface area contributed by atoms with E-state index in [1.54, 1.807) is 20.8 Å². The van der Waals surface area contributed by atoms with Crippen LogP contribution >= 0.6 is 0 Å². The molecule has 0 aliphatic heterocycles. The van der Waals surface area contributed by atoms with Crippen LogP contribution in [0.25, 0.3) is 0 Å². The van der Waals surface area contributed by atoms with Crippen LogP contribution in [-0.4, -0.2) is 47.2 Å². The summed E-state index contributed by atoms with van der Waals surface area (Å²) in [4.78, 5) is 42.1. The molecule has 148 valence electrons. The topological polar surface area (TPSA) is 79.5 Å². The molecule has 28 heavy (non-hydrogen) atoms. The van der Waals surface area contributed by atoms with Crippen molar-refractivity contribution in [2.24, 2.45) is 0 Å². The van der Waals surface area contributed by atoms with Crippen LogP contribution in [0.4, 0.5) is 4.39 Å². The highest BCUT2D eigenvalue weighted by Gasteiger charge is 2.31. The molecule has 1 unspecified atom stereocenters. The van der Waals surface area contributed by atoms with Crippen LogP contribution in [0.5, 0.6) is 0 Å². The van der Waals surface area contributed by atoms with Crippen molar-refractivity contribution in [3.63, 3.8) is 0 Å². The fraction of sp³-hybridized carbons (Fsp3) is 0.286. The fourth-order valence-corrected chi connectivity index (χ4v) is 3.12.